The smallest absolute Gasteiger partial charge is 0.140 e. The van der Waals surface area contributed by atoms with Crippen LogP contribution in [-0.2, 0) is 4.74 Å². The third kappa shape index (κ3) is 2.26. The highest BCUT2D eigenvalue weighted by Gasteiger charge is 2.10. The van der Waals surface area contributed by atoms with Gasteiger partial charge in [-0.2, -0.15) is 10.5 Å². The lowest BCUT2D eigenvalue weighted by Crippen LogP contribution is -1.93. The number of hydrogen-bond donors (Lipinski definition) is 1. The van der Waals surface area contributed by atoms with E-state index in [1.807, 2.05) is 12.1 Å². The maximum absolute atomic E-state index is 8.75. The summed E-state index contributed by atoms with van der Waals surface area (Å²) < 4.78 is 5.07. The maximum atomic E-state index is 8.75. The third-order valence-corrected chi connectivity index (χ3v) is 1.85. The molecule has 1 aliphatic rings. The molecule has 74 valence electrons. The minimum Gasteiger partial charge on any atom is -0.496 e. The standard InChI is InChI=1S/C11H9N3O/c1-15-11-5-3-9(14)2-4-10(11)8(6-12)7-13/h2-5H,14H2,1H3. The molecule has 0 radical (unpaired) electrons. The Labute approximate surface area is 87.9 Å². The second-order valence-corrected chi connectivity index (χ2v) is 2.75. The molecule has 0 atom stereocenters. The first-order chi connectivity index (χ1) is 7.22. The number of methoxy groups -OCH3 is 1. The first-order valence-electron chi connectivity index (χ1n) is 4.17. The van der Waals surface area contributed by atoms with E-state index in [0.717, 1.165) is 0 Å². The summed E-state index contributed by atoms with van der Waals surface area (Å²) in [5, 5.41) is 17.5. The number of nitriles is 2. The molecule has 0 spiro atoms. The summed E-state index contributed by atoms with van der Waals surface area (Å²) in [6.07, 6.45) is 6.48. The fraction of sp³-hybridized carbons (Fsp3) is 0.0909. The third-order valence-electron chi connectivity index (χ3n) is 1.85. The highest BCUT2D eigenvalue weighted by molar-refractivity contribution is 5.55. The first-order valence-corrected chi connectivity index (χ1v) is 4.17. The molecule has 0 unspecified atom stereocenters. The summed E-state index contributed by atoms with van der Waals surface area (Å²) in [6.45, 7) is 0. The van der Waals surface area contributed by atoms with Gasteiger partial charge in [0.25, 0.3) is 0 Å². The predicted octanol–water partition coefficient (Wildman–Crippen LogP) is 1.27. The summed E-state index contributed by atoms with van der Waals surface area (Å²) in [5.41, 5.74) is 6.57. The van der Waals surface area contributed by atoms with Crippen LogP contribution in [0.3, 0.4) is 0 Å². The molecule has 0 bridgehead atoms. The van der Waals surface area contributed by atoms with Crippen LogP contribution >= 0.6 is 0 Å². The van der Waals surface area contributed by atoms with Crippen LogP contribution in [0.15, 0.2) is 46.9 Å². The average molecular weight is 199 g/mol. The number of hydrogen-bond acceptors (Lipinski definition) is 4. The number of rotatable bonds is 1. The second-order valence-electron chi connectivity index (χ2n) is 2.75. The summed E-state index contributed by atoms with van der Waals surface area (Å²) in [5.74, 6) is 0.449. The Morgan fingerprint density at radius 2 is 1.93 bits per heavy atom. The normalized spacial score (nSPS) is 14.2. The molecule has 0 heterocycles. The fourth-order valence-electron chi connectivity index (χ4n) is 1.11. The molecule has 4 heteroatoms. The van der Waals surface area contributed by atoms with Gasteiger partial charge in [-0.25, -0.2) is 0 Å². The zero-order valence-electron chi connectivity index (χ0n) is 8.19. The van der Waals surface area contributed by atoms with Gasteiger partial charge in [0.2, 0.25) is 0 Å². The lowest BCUT2D eigenvalue weighted by molar-refractivity contribution is 0.302. The van der Waals surface area contributed by atoms with Gasteiger partial charge in [-0.05, 0) is 24.3 Å². The molecule has 0 saturated heterocycles. The minimum atomic E-state index is 0.00227. The van der Waals surface area contributed by atoms with Crippen LogP contribution in [0.2, 0.25) is 0 Å². The molecule has 1 rings (SSSR count). The molecular formula is C11H9N3O. The van der Waals surface area contributed by atoms with E-state index in [4.69, 9.17) is 21.0 Å². The summed E-state index contributed by atoms with van der Waals surface area (Å²) in [7, 11) is 1.47. The molecule has 4 nitrogen and oxygen atoms in total. The average Bonchev–Trinajstić information content (AvgIpc) is 2.43. The van der Waals surface area contributed by atoms with Gasteiger partial charge in [0.1, 0.15) is 23.5 Å². The molecule has 0 saturated carbocycles. The van der Waals surface area contributed by atoms with E-state index < -0.39 is 0 Å². The zero-order chi connectivity index (χ0) is 11.3. The highest BCUT2D eigenvalue weighted by Crippen LogP contribution is 2.20. The molecule has 2 N–H and O–H groups in total. The summed E-state index contributed by atoms with van der Waals surface area (Å²) in [6, 6.07) is 3.62. The minimum absolute atomic E-state index is 0.00227. The SMILES string of the molecule is COC1=CC=C(N)C=CC1=C(C#N)C#N. The molecule has 0 aromatic heterocycles. The highest BCUT2D eigenvalue weighted by atomic mass is 16.5. The Hall–Kier alpha value is -2.46. The van der Waals surface area contributed by atoms with Crippen molar-refractivity contribution in [1.82, 2.24) is 0 Å². The van der Waals surface area contributed by atoms with Gasteiger partial charge < -0.3 is 10.5 Å². The Morgan fingerprint density at radius 3 is 2.47 bits per heavy atom. The van der Waals surface area contributed by atoms with E-state index in [1.54, 1.807) is 24.3 Å². The van der Waals surface area contributed by atoms with Crippen LogP contribution in [-0.4, -0.2) is 7.11 Å². The molecular weight excluding hydrogens is 190 g/mol. The number of nitrogens with two attached hydrogens (primary N) is 1. The van der Waals surface area contributed by atoms with Gasteiger partial charge in [-0.3, -0.25) is 0 Å². The Balaban J connectivity index is 3.34. The Bertz CT molecular complexity index is 451. The van der Waals surface area contributed by atoms with Gasteiger partial charge in [-0.15, -0.1) is 0 Å². The first kappa shape index (κ1) is 10.6. The lowest BCUT2D eigenvalue weighted by Gasteiger charge is -2.04. The van der Waals surface area contributed by atoms with E-state index in [9.17, 15) is 0 Å². The monoisotopic (exact) mass is 199 g/mol. The molecule has 0 fully saturated rings. The van der Waals surface area contributed by atoms with E-state index in [2.05, 4.69) is 0 Å². The molecule has 0 aliphatic heterocycles. The summed E-state index contributed by atoms with van der Waals surface area (Å²) >= 11 is 0. The quantitative estimate of drug-likeness (QED) is 0.644. The molecule has 0 aromatic carbocycles. The van der Waals surface area contributed by atoms with E-state index in [-0.39, 0.29) is 5.57 Å². The zero-order valence-corrected chi connectivity index (χ0v) is 8.19. The van der Waals surface area contributed by atoms with Crippen LogP contribution < -0.4 is 5.73 Å². The van der Waals surface area contributed by atoms with Crippen molar-refractivity contribution in [2.45, 2.75) is 0 Å². The second kappa shape index (κ2) is 4.69. The van der Waals surface area contributed by atoms with E-state index >= 15 is 0 Å². The Kier molecular flexibility index (Phi) is 3.32. The maximum Gasteiger partial charge on any atom is 0.140 e. The van der Waals surface area contributed by atoms with Crippen molar-refractivity contribution in [3.05, 3.63) is 46.9 Å². The van der Waals surface area contributed by atoms with Crippen molar-refractivity contribution >= 4 is 0 Å². The van der Waals surface area contributed by atoms with Crippen LogP contribution in [0.5, 0.6) is 0 Å². The van der Waals surface area contributed by atoms with Gasteiger partial charge in [-0.1, -0.05) is 0 Å². The van der Waals surface area contributed by atoms with Crippen LogP contribution in [0.1, 0.15) is 0 Å². The topological polar surface area (TPSA) is 82.8 Å². The van der Waals surface area contributed by atoms with Crippen LogP contribution in [0, 0.1) is 22.7 Å². The summed E-state index contributed by atoms with van der Waals surface area (Å²) in [4.78, 5) is 0. The van der Waals surface area contributed by atoms with E-state index in [0.29, 0.717) is 17.0 Å². The van der Waals surface area contributed by atoms with Crippen molar-refractivity contribution in [2.75, 3.05) is 7.11 Å². The molecule has 0 amide bonds. The van der Waals surface area contributed by atoms with Gasteiger partial charge in [0, 0.05) is 11.3 Å². The molecule has 15 heavy (non-hydrogen) atoms. The Morgan fingerprint density at radius 1 is 1.27 bits per heavy atom. The van der Waals surface area contributed by atoms with Crippen molar-refractivity contribution in [2.24, 2.45) is 5.73 Å². The molecule has 0 aromatic rings. The number of allylic oxidation sites excluding steroid dienone is 5. The lowest BCUT2D eigenvalue weighted by atomic mass is 10.1. The number of ether oxygens (including phenoxy) is 1. The van der Waals surface area contributed by atoms with Gasteiger partial charge in [0.15, 0.2) is 0 Å². The van der Waals surface area contributed by atoms with Crippen molar-refractivity contribution in [3.63, 3.8) is 0 Å². The fourth-order valence-corrected chi connectivity index (χ4v) is 1.11. The van der Waals surface area contributed by atoms with Crippen LogP contribution in [0.25, 0.3) is 0 Å². The van der Waals surface area contributed by atoms with Crippen molar-refractivity contribution in [1.29, 1.82) is 10.5 Å². The van der Waals surface area contributed by atoms with Gasteiger partial charge in [0.05, 0.1) is 7.11 Å². The van der Waals surface area contributed by atoms with Crippen molar-refractivity contribution in [3.8, 4) is 12.1 Å². The van der Waals surface area contributed by atoms with Crippen LogP contribution in [0.4, 0.5) is 0 Å². The van der Waals surface area contributed by atoms with Gasteiger partial charge >= 0.3 is 0 Å². The van der Waals surface area contributed by atoms with E-state index in [1.165, 1.54) is 7.11 Å². The predicted molar refractivity (Wildman–Crippen MR) is 54.8 cm³/mol. The van der Waals surface area contributed by atoms with Crippen molar-refractivity contribution < 1.29 is 4.74 Å². The number of nitrogens with zero attached hydrogens (tertiary/aromatic N) is 2. The molecule has 1 aliphatic carbocycles. The largest absolute Gasteiger partial charge is 0.496 e.